The van der Waals surface area contributed by atoms with Crippen LogP contribution in [0.3, 0.4) is 0 Å². The van der Waals surface area contributed by atoms with Crippen molar-refractivity contribution in [3.63, 3.8) is 0 Å². The van der Waals surface area contributed by atoms with Gasteiger partial charge in [-0.15, -0.1) is 0 Å². The summed E-state index contributed by atoms with van der Waals surface area (Å²) in [4.78, 5) is 14.7. The highest BCUT2D eigenvalue weighted by molar-refractivity contribution is 5.86. The third kappa shape index (κ3) is 3.94. The van der Waals surface area contributed by atoms with E-state index in [2.05, 4.69) is 29.2 Å². The first-order valence-corrected chi connectivity index (χ1v) is 8.57. The second-order valence-corrected chi connectivity index (χ2v) is 6.57. The number of ether oxygens (including phenoxy) is 1. The highest BCUT2D eigenvalue weighted by Gasteiger charge is 2.24. The molecule has 2 heterocycles. The van der Waals surface area contributed by atoms with Crippen molar-refractivity contribution in [2.24, 2.45) is 5.92 Å². The molecular weight excluding hydrogens is 306 g/mol. The van der Waals surface area contributed by atoms with E-state index >= 15 is 0 Å². The van der Waals surface area contributed by atoms with E-state index in [0.717, 1.165) is 31.7 Å². The number of amides is 1. The molecular formula is C18H25N3O3. The molecule has 0 aliphatic carbocycles. The molecule has 3 rings (SSSR count). The lowest BCUT2D eigenvalue weighted by Crippen LogP contribution is -2.51. The van der Waals surface area contributed by atoms with Crippen molar-refractivity contribution in [3.05, 3.63) is 30.0 Å². The molecule has 130 valence electrons. The monoisotopic (exact) mass is 331 g/mol. The van der Waals surface area contributed by atoms with Crippen LogP contribution in [0.5, 0.6) is 0 Å². The molecule has 1 aromatic heterocycles. The number of aromatic nitrogens is 1. The summed E-state index contributed by atoms with van der Waals surface area (Å²) in [5.74, 6) is 0.448. The van der Waals surface area contributed by atoms with E-state index < -0.39 is 0 Å². The topological polar surface area (TPSA) is 67.6 Å². The maximum absolute atomic E-state index is 12.3. The normalized spacial score (nSPS) is 17.3. The Balaban J connectivity index is 1.57. The molecule has 0 radical (unpaired) electrons. The van der Waals surface area contributed by atoms with Gasteiger partial charge in [0.1, 0.15) is 5.69 Å². The van der Waals surface area contributed by atoms with Gasteiger partial charge >= 0.3 is 0 Å². The molecule has 1 aliphatic heterocycles. The Bertz CT molecular complexity index is 677. The first-order valence-electron chi connectivity index (χ1n) is 8.57. The van der Waals surface area contributed by atoms with Gasteiger partial charge in [-0.05, 0) is 18.1 Å². The number of hydrogen-bond acceptors (Lipinski definition) is 5. The fourth-order valence-electron chi connectivity index (χ4n) is 3.19. The first-order chi connectivity index (χ1) is 11.6. The van der Waals surface area contributed by atoms with Gasteiger partial charge in [-0.25, -0.2) is 0 Å². The summed E-state index contributed by atoms with van der Waals surface area (Å²) in [6.45, 7) is 8.41. The van der Waals surface area contributed by atoms with Crippen LogP contribution in [0.2, 0.25) is 0 Å². The van der Waals surface area contributed by atoms with Gasteiger partial charge < -0.3 is 14.6 Å². The van der Waals surface area contributed by atoms with Crippen LogP contribution >= 0.6 is 0 Å². The Morgan fingerprint density at radius 1 is 1.29 bits per heavy atom. The molecule has 2 aromatic rings. The van der Waals surface area contributed by atoms with Crippen LogP contribution in [0, 0.1) is 5.92 Å². The fraction of sp³-hybridized carbons (Fsp3) is 0.556. The van der Waals surface area contributed by atoms with E-state index in [9.17, 15) is 4.79 Å². The van der Waals surface area contributed by atoms with Crippen LogP contribution in [-0.2, 0) is 16.0 Å². The third-order valence-corrected chi connectivity index (χ3v) is 4.57. The summed E-state index contributed by atoms with van der Waals surface area (Å²) in [5.41, 5.74) is 1.41. The van der Waals surface area contributed by atoms with Crippen molar-refractivity contribution in [1.82, 2.24) is 15.4 Å². The molecule has 1 aromatic carbocycles. The maximum Gasteiger partial charge on any atom is 0.226 e. The predicted molar refractivity (Wildman–Crippen MR) is 91.7 cm³/mol. The molecule has 1 unspecified atom stereocenters. The molecule has 6 nitrogen and oxygen atoms in total. The minimum Gasteiger partial charge on any atom is -0.379 e. The molecule has 1 N–H and O–H groups in total. The summed E-state index contributed by atoms with van der Waals surface area (Å²) < 4.78 is 10.7. The van der Waals surface area contributed by atoms with E-state index in [1.165, 1.54) is 0 Å². The van der Waals surface area contributed by atoms with Gasteiger partial charge in [-0.1, -0.05) is 31.1 Å². The molecule has 0 saturated carbocycles. The largest absolute Gasteiger partial charge is 0.379 e. The number of fused-ring (bicyclic) bond motifs is 1. The van der Waals surface area contributed by atoms with Crippen LogP contribution in [0.4, 0.5) is 0 Å². The standard InChI is InChI=1S/C18H25N3O3/c1-13(2)16(21-7-9-23-10-8-21)12-19-18(22)11-15-14-5-3-4-6-17(14)24-20-15/h3-6,13,16H,7-12H2,1-2H3,(H,19,22). The summed E-state index contributed by atoms with van der Waals surface area (Å²) >= 11 is 0. The van der Waals surface area contributed by atoms with Gasteiger partial charge in [-0.3, -0.25) is 9.69 Å². The average Bonchev–Trinajstić information content (AvgIpc) is 2.99. The van der Waals surface area contributed by atoms with Crippen molar-refractivity contribution < 1.29 is 14.1 Å². The van der Waals surface area contributed by atoms with Crippen LogP contribution in [-0.4, -0.2) is 54.9 Å². The Morgan fingerprint density at radius 2 is 2.04 bits per heavy atom. The molecule has 0 bridgehead atoms. The number of carbonyl (C=O) groups is 1. The van der Waals surface area contributed by atoms with Crippen LogP contribution in [0.25, 0.3) is 11.0 Å². The van der Waals surface area contributed by atoms with E-state index in [4.69, 9.17) is 9.26 Å². The van der Waals surface area contributed by atoms with Gasteiger partial charge in [0.15, 0.2) is 5.58 Å². The van der Waals surface area contributed by atoms with Crippen LogP contribution in [0.1, 0.15) is 19.5 Å². The molecule has 0 spiro atoms. The highest BCUT2D eigenvalue weighted by atomic mass is 16.5. The zero-order valence-electron chi connectivity index (χ0n) is 14.3. The van der Waals surface area contributed by atoms with E-state index in [1.807, 2.05) is 24.3 Å². The van der Waals surface area contributed by atoms with Gasteiger partial charge in [0.25, 0.3) is 0 Å². The molecule has 24 heavy (non-hydrogen) atoms. The summed E-state index contributed by atoms with van der Waals surface area (Å²) in [6, 6.07) is 7.93. The van der Waals surface area contributed by atoms with Gasteiger partial charge in [0, 0.05) is 31.1 Å². The highest BCUT2D eigenvalue weighted by Crippen LogP contribution is 2.18. The Morgan fingerprint density at radius 3 is 2.79 bits per heavy atom. The molecule has 6 heteroatoms. The molecule has 1 saturated heterocycles. The number of morpholine rings is 1. The van der Waals surface area contributed by atoms with Crippen molar-refractivity contribution in [2.75, 3.05) is 32.8 Å². The van der Waals surface area contributed by atoms with Crippen LogP contribution < -0.4 is 5.32 Å². The quantitative estimate of drug-likeness (QED) is 0.875. The number of nitrogens with one attached hydrogen (secondary N) is 1. The number of para-hydroxylation sites is 1. The lowest BCUT2D eigenvalue weighted by Gasteiger charge is -2.36. The Labute approximate surface area is 142 Å². The zero-order chi connectivity index (χ0) is 16.9. The Hall–Kier alpha value is -1.92. The van der Waals surface area contributed by atoms with E-state index in [-0.39, 0.29) is 12.3 Å². The van der Waals surface area contributed by atoms with Crippen molar-refractivity contribution in [1.29, 1.82) is 0 Å². The minimum absolute atomic E-state index is 0.0204. The SMILES string of the molecule is CC(C)C(CNC(=O)Cc1noc2ccccc12)N1CCOCC1. The molecule has 1 amide bonds. The van der Waals surface area contributed by atoms with Crippen molar-refractivity contribution >= 4 is 16.9 Å². The van der Waals surface area contributed by atoms with E-state index in [1.54, 1.807) is 0 Å². The zero-order valence-corrected chi connectivity index (χ0v) is 14.3. The lowest BCUT2D eigenvalue weighted by molar-refractivity contribution is -0.121. The maximum atomic E-state index is 12.3. The lowest BCUT2D eigenvalue weighted by atomic mass is 10.0. The van der Waals surface area contributed by atoms with Gasteiger partial charge in [-0.2, -0.15) is 0 Å². The molecule has 1 atom stereocenters. The third-order valence-electron chi connectivity index (χ3n) is 4.57. The van der Waals surface area contributed by atoms with Crippen molar-refractivity contribution in [2.45, 2.75) is 26.3 Å². The average molecular weight is 331 g/mol. The minimum atomic E-state index is -0.0204. The van der Waals surface area contributed by atoms with Gasteiger partial charge in [0.2, 0.25) is 5.91 Å². The number of nitrogens with zero attached hydrogens (tertiary/aromatic N) is 2. The fourth-order valence-corrected chi connectivity index (χ4v) is 3.19. The summed E-state index contributed by atoms with van der Waals surface area (Å²) in [7, 11) is 0. The molecule has 1 fully saturated rings. The predicted octanol–water partition coefficient (Wildman–Crippen LogP) is 1.84. The number of rotatable bonds is 6. The number of benzene rings is 1. The summed E-state index contributed by atoms with van der Waals surface area (Å²) in [6.07, 6.45) is 0.241. The van der Waals surface area contributed by atoms with Crippen molar-refractivity contribution in [3.8, 4) is 0 Å². The van der Waals surface area contributed by atoms with E-state index in [0.29, 0.717) is 29.8 Å². The smallest absolute Gasteiger partial charge is 0.226 e. The number of carbonyl (C=O) groups excluding carboxylic acids is 1. The summed E-state index contributed by atoms with van der Waals surface area (Å²) in [5, 5.41) is 7.99. The second-order valence-electron chi connectivity index (χ2n) is 6.57. The van der Waals surface area contributed by atoms with Crippen LogP contribution in [0.15, 0.2) is 28.8 Å². The second kappa shape index (κ2) is 7.77. The number of hydrogen-bond donors (Lipinski definition) is 1. The molecule has 1 aliphatic rings. The van der Waals surface area contributed by atoms with Gasteiger partial charge in [0.05, 0.1) is 19.6 Å². The first kappa shape index (κ1) is 16.9. The Kier molecular flexibility index (Phi) is 5.48.